The number of anilines is 2. The van der Waals surface area contributed by atoms with E-state index in [-0.39, 0.29) is 30.5 Å². The highest BCUT2D eigenvalue weighted by molar-refractivity contribution is 5.98. The van der Waals surface area contributed by atoms with Gasteiger partial charge in [0.25, 0.3) is 11.5 Å². The summed E-state index contributed by atoms with van der Waals surface area (Å²) in [5.41, 5.74) is 6.49. The molecule has 3 aromatic rings. The van der Waals surface area contributed by atoms with Crippen molar-refractivity contribution in [3.05, 3.63) is 92.1 Å². The first-order valence-corrected chi connectivity index (χ1v) is 10.9. The first-order valence-electron chi connectivity index (χ1n) is 10.9. The highest BCUT2D eigenvalue weighted by Gasteiger charge is 2.26. The Kier molecular flexibility index (Phi) is 7.68. The van der Waals surface area contributed by atoms with Crippen molar-refractivity contribution in [2.45, 2.75) is 27.3 Å². The van der Waals surface area contributed by atoms with E-state index >= 15 is 0 Å². The fraction of sp³-hybridized carbons (Fsp3) is 0.280. The first-order chi connectivity index (χ1) is 16.2. The molecule has 0 aliphatic carbocycles. The average Bonchev–Trinajstić information content (AvgIpc) is 2.80. The number of aryl methyl sites for hydroxylation is 1. The van der Waals surface area contributed by atoms with Crippen molar-refractivity contribution in [1.82, 2.24) is 9.55 Å². The van der Waals surface area contributed by atoms with E-state index in [0.717, 1.165) is 5.56 Å². The van der Waals surface area contributed by atoms with Crippen LogP contribution in [0.15, 0.2) is 64.2 Å². The van der Waals surface area contributed by atoms with Crippen molar-refractivity contribution < 1.29 is 14.3 Å². The largest absolute Gasteiger partial charge is 0.452 e. The second-order valence-electron chi connectivity index (χ2n) is 8.35. The van der Waals surface area contributed by atoms with Gasteiger partial charge in [-0.3, -0.25) is 19.1 Å². The molecule has 1 amide bonds. The molecule has 0 atom stereocenters. The number of nitrogens with two attached hydrogens (primary N) is 1. The Bertz CT molecular complexity index is 1290. The summed E-state index contributed by atoms with van der Waals surface area (Å²) in [6.07, 6.45) is 0. The van der Waals surface area contributed by atoms with Crippen LogP contribution < -0.4 is 21.9 Å². The highest BCUT2D eigenvalue weighted by Crippen LogP contribution is 2.20. The molecule has 1 heterocycles. The maximum atomic E-state index is 13.1. The van der Waals surface area contributed by atoms with Gasteiger partial charge in [0.15, 0.2) is 12.3 Å². The molecule has 3 N–H and O–H groups in total. The minimum absolute atomic E-state index is 0.0377. The summed E-state index contributed by atoms with van der Waals surface area (Å²) in [7, 11) is 0. The number of nitrogens with one attached hydrogen (secondary N) is 1. The number of rotatable bonds is 8. The zero-order valence-corrected chi connectivity index (χ0v) is 19.4. The number of nitrogens with zero attached hydrogens (tertiary/aromatic N) is 2. The smallest absolute Gasteiger partial charge is 0.338 e. The first kappa shape index (κ1) is 24.5. The second kappa shape index (κ2) is 10.7. The molecule has 178 valence electrons. The van der Waals surface area contributed by atoms with E-state index in [1.165, 1.54) is 9.47 Å². The summed E-state index contributed by atoms with van der Waals surface area (Å²) >= 11 is 0. The Balaban J connectivity index is 1.92. The molecule has 3 rings (SSSR count). The van der Waals surface area contributed by atoms with Crippen molar-refractivity contribution in [2.75, 3.05) is 23.8 Å². The van der Waals surface area contributed by atoms with E-state index in [1.54, 1.807) is 31.2 Å². The molecule has 0 aliphatic heterocycles. The lowest BCUT2D eigenvalue weighted by atomic mass is 10.1. The lowest BCUT2D eigenvalue weighted by Gasteiger charge is -2.26. The van der Waals surface area contributed by atoms with E-state index in [9.17, 15) is 19.2 Å². The summed E-state index contributed by atoms with van der Waals surface area (Å²) in [5.74, 6) is -1.45. The molecule has 0 saturated carbocycles. The van der Waals surface area contributed by atoms with Crippen molar-refractivity contribution in [3.63, 3.8) is 0 Å². The predicted octanol–water partition coefficient (Wildman–Crippen LogP) is 2.32. The van der Waals surface area contributed by atoms with Gasteiger partial charge in [0, 0.05) is 6.54 Å². The SMILES string of the molecule is Cc1ccccc1C(=O)OCC(=O)N(CC(C)C)c1c(N)n(Cc2ccccc2)c(=O)[nH]c1=O. The number of carbonyl (C=O) groups is 2. The molecule has 0 saturated heterocycles. The molecule has 1 aromatic heterocycles. The number of carbonyl (C=O) groups excluding carboxylic acids is 2. The Hall–Kier alpha value is -4.14. The van der Waals surface area contributed by atoms with Crippen molar-refractivity contribution in [2.24, 2.45) is 5.92 Å². The third-order valence-corrected chi connectivity index (χ3v) is 5.21. The Morgan fingerprint density at radius 2 is 1.71 bits per heavy atom. The van der Waals surface area contributed by atoms with Crippen molar-refractivity contribution in [1.29, 1.82) is 0 Å². The molecule has 0 radical (unpaired) electrons. The van der Waals surface area contributed by atoms with Gasteiger partial charge < -0.3 is 15.4 Å². The molecule has 0 unspecified atom stereocenters. The third-order valence-electron chi connectivity index (χ3n) is 5.21. The van der Waals surface area contributed by atoms with Crippen molar-refractivity contribution in [3.8, 4) is 0 Å². The number of nitrogen functional groups attached to an aromatic ring is 1. The Labute approximate surface area is 196 Å². The van der Waals surface area contributed by atoms with Gasteiger partial charge in [0.1, 0.15) is 5.82 Å². The van der Waals surface area contributed by atoms with Crippen LogP contribution in [0.3, 0.4) is 0 Å². The summed E-state index contributed by atoms with van der Waals surface area (Å²) in [6.45, 7) is 5.16. The normalized spacial score (nSPS) is 10.8. The van der Waals surface area contributed by atoms with Crippen LogP contribution in [-0.4, -0.2) is 34.6 Å². The van der Waals surface area contributed by atoms with Gasteiger partial charge in [-0.2, -0.15) is 0 Å². The minimum Gasteiger partial charge on any atom is -0.452 e. The molecule has 0 bridgehead atoms. The van der Waals surface area contributed by atoms with Gasteiger partial charge in [-0.25, -0.2) is 9.59 Å². The number of amides is 1. The zero-order chi connectivity index (χ0) is 24.8. The highest BCUT2D eigenvalue weighted by atomic mass is 16.5. The average molecular weight is 465 g/mol. The second-order valence-corrected chi connectivity index (χ2v) is 8.35. The Morgan fingerprint density at radius 1 is 1.06 bits per heavy atom. The number of benzene rings is 2. The molecule has 34 heavy (non-hydrogen) atoms. The standard InChI is InChI=1S/C25H28N4O5/c1-16(2)13-28(20(30)15-34-24(32)19-12-8-7-9-17(19)3)21-22(26)29(25(33)27-23(21)31)14-18-10-5-4-6-11-18/h4-12,16H,13-15,26H2,1-3H3,(H,27,31,33). The number of hydrogen-bond acceptors (Lipinski definition) is 6. The summed E-state index contributed by atoms with van der Waals surface area (Å²) < 4.78 is 6.43. The lowest BCUT2D eigenvalue weighted by molar-refractivity contribution is -0.121. The van der Waals surface area contributed by atoms with Crippen LogP contribution in [0.4, 0.5) is 11.5 Å². The van der Waals surface area contributed by atoms with Crippen molar-refractivity contribution >= 4 is 23.4 Å². The fourth-order valence-electron chi connectivity index (χ4n) is 3.53. The maximum Gasteiger partial charge on any atom is 0.338 e. The predicted molar refractivity (Wildman–Crippen MR) is 130 cm³/mol. The summed E-state index contributed by atoms with van der Waals surface area (Å²) in [6, 6.07) is 16.0. The number of esters is 1. The lowest BCUT2D eigenvalue weighted by Crippen LogP contribution is -2.44. The number of H-pyrrole nitrogens is 1. The van der Waals surface area contributed by atoms with Gasteiger partial charge in [-0.1, -0.05) is 62.4 Å². The number of ether oxygens (including phenoxy) is 1. The van der Waals surface area contributed by atoms with Gasteiger partial charge in [0.2, 0.25) is 0 Å². The molecule has 0 spiro atoms. The molecular formula is C25H28N4O5. The monoisotopic (exact) mass is 464 g/mol. The molecular weight excluding hydrogens is 436 g/mol. The molecule has 0 aliphatic rings. The fourth-order valence-corrected chi connectivity index (χ4v) is 3.53. The van der Waals surface area contributed by atoms with Crippen LogP contribution in [0.2, 0.25) is 0 Å². The molecule has 9 heteroatoms. The van der Waals surface area contributed by atoms with Crippen LogP contribution in [0.25, 0.3) is 0 Å². The van der Waals surface area contributed by atoms with Crippen LogP contribution in [0, 0.1) is 12.8 Å². The zero-order valence-electron chi connectivity index (χ0n) is 19.4. The van der Waals surface area contributed by atoms with Gasteiger partial charge in [-0.05, 0) is 30.0 Å². The van der Waals surface area contributed by atoms with Gasteiger partial charge in [-0.15, -0.1) is 0 Å². The maximum absolute atomic E-state index is 13.1. The van der Waals surface area contributed by atoms with Crippen LogP contribution >= 0.6 is 0 Å². The summed E-state index contributed by atoms with van der Waals surface area (Å²) in [5, 5.41) is 0. The van der Waals surface area contributed by atoms with Crippen LogP contribution in [0.5, 0.6) is 0 Å². The van der Waals surface area contributed by atoms with Crippen LogP contribution in [0.1, 0.15) is 35.3 Å². The molecule has 9 nitrogen and oxygen atoms in total. The quantitative estimate of drug-likeness (QED) is 0.493. The van der Waals surface area contributed by atoms with Gasteiger partial charge >= 0.3 is 11.7 Å². The third kappa shape index (κ3) is 5.61. The van der Waals surface area contributed by atoms with E-state index < -0.39 is 29.7 Å². The number of aromatic nitrogens is 2. The van der Waals surface area contributed by atoms with E-state index in [1.807, 2.05) is 44.2 Å². The van der Waals surface area contributed by atoms with E-state index in [4.69, 9.17) is 10.5 Å². The number of hydrogen-bond donors (Lipinski definition) is 2. The van der Waals surface area contributed by atoms with Crippen LogP contribution in [-0.2, 0) is 16.1 Å². The Morgan fingerprint density at radius 3 is 2.35 bits per heavy atom. The molecule has 2 aromatic carbocycles. The molecule has 0 fully saturated rings. The topological polar surface area (TPSA) is 127 Å². The number of aromatic amines is 1. The summed E-state index contributed by atoms with van der Waals surface area (Å²) in [4.78, 5) is 54.2. The van der Waals surface area contributed by atoms with E-state index in [0.29, 0.717) is 11.1 Å². The minimum atomic E-state index is -0.786. The van der Waals surface area contributed by atoms with E-state index in [2.05, 4.69) is 4.98 Å². The van der Waals surface area contributed by atoms with Gasteiger partial charge in [0.05, 0.1) is 12.1 Å².